The van der Waals surface area contributed by atoms with Crippen LogP contribution in [0.4, 0.5) is 4.39 Å². The Morgan fingerprint density at radius 1 is 1.04 bits per heavy atom. The first-order chi connectivity index (χ1) is 12.8. The number of imidazole rings is 1. The highest BCUT2D eigenvalue weighted by molar-refractivity contribution is 14.1. The minimum atomic E-state index is -1.13. The smallest absolute Gasteiger partial charge is 0.174 e. The molecule has 0 amide bonds. The highest BCUT2D eigenvalue weighted by Crippen LogP contribution is 2.33. The molecular formula is C20H23FIN3OSi. The number of nitrogens with zero attached hydrogens (tertiary/aromatic N) is 3. The average molecular weight is 495 g/mol. The Bertz CT molecular complexity index is 892. The molecule has 142 valence electrons. The summed E-state index contributed by atoms with van der Waals surface area (Å²) in [6, 6.07) is 11.5. The van der Waals surface area contributed by atoms with Gasteiger partial charge in [0.1, 0.15) is 12.5 Å². The van der Waals surface area contributed by atoms with Gasteiger partial charge in [0.05, 0.1) is 11.4 Å². The molecule has 0 bridgehead atoms. The van der Waals surface area contributed by atoms with Gasteiger partial charge in [-0.25, -0.2) is 9.37 Å². The second kappa shape index (κ2) is 8.62. The molecule has 0 aliphatic heterocycles. The Morgan fingerprint density at radius 3 is 2.33 bits per heavy atom. The molecule has 3 rings (SSSR count). The standard InChI is InChI=1S/C20H23FIN3OSi/c1-27(2,3)13-12-26-14-25-19(16-8-10-23-11-9-16)18(24-20(25)22)15-4-6-17(21)7-5-15/h4-11H,12-14H2,1-3H3. The molecule has 7 heteroatoms. The molecule has 27 heavy (non-hydrogen) atoms. The van der Waals surface area contributed by atoms with Crippen LogP contribution in [-0.4, -0.2) is 29.2 Å². The summed E-state index contributed by atoms with van der Waals surface area (Å²) >= 11 is 2.23. The maximum Gasteiger partial charge on any atom is 0.174 e. The van der Waals surface area contributed by atoms with Crippen molar-refractivity contribution in [3.8, 4) is 22.5 Å². The van der Waals surface area contributed by atoms with Crippen LogP contribution in [0.15, 0.2) is 48.8 Å². The molecule has 3 aromatic rings. The molecular weight excluding hydrogens is 472 g/mol. The molecule has 0 aliphatic carbocycles. The quantitative estimate of drug-likeness (QED) is 0.241. The van der Waals surface area contributed by atoms with Crippen LogP contribution in [0.25, 0.3) is 22.5 Å². The van der Waals surface area contributed by atoms with Crippen LogP contribution in [-0.2, 0) is 11.5 Å². The number of aromatic nitrogens is 3. The fourth-order valence-electron chi connectivity index (χ4n) is 2.69. The van der Waals surface area contributed by atoms with E-state index in [0.29, 0.717) is 6.73 Å². The maximum absolute atomic E-state index is 13.4. The number of pyridine rings is 1. The SMILES string of the molecule is C[Si](C)(C)CCOCn1c(I)nc(-c2ccc(F)cc2)c1-c1ccncc1. The van der Waals surface area contributed by atoms with Crippen molar-refractivity contribution < 1.29 is 9.13 Å². The summed E-state index contributed by atoms with van der Waals surface area (Å²) < 4.78 is 22.3. The molecule has 1 aromatic carbocycles. The van der Waals surface area contributed by atoms with E-state index in [0.717, 1.165) is 39.0 Å². The van der Waals surface area contributed by atoms with Gasteiger partial charge in [-0.1, -0.05) is 19.6 Å². The lowest BCUT2D eigenvalue weighted by molar-refractivity contribution is 0.0865. The van der Waals surface area contributed by atoms with Crippen LogP contribution >= 0.6 is 22.6 Å². The van der Waals surface area contributed by atoms with E-state index in [-0.39, 0.29) is 5.82 Å². The first-order valence-electron chi connectivity index (χ1n) is 8.85. The summed E-state index contributed by atoms with van der Waals surface area (Å²) in [5, 5.41) is 0. The number of ether oxygens (including phenoxy) is 1. The van der Waals surface area contributed by atoms with Gasteiger partial charge in [0.15, 0.2) is 3.83 Å². The van der Waals surface area contributed by atoms with E-state index < -0.39 is 8.07 Å². The van der Waals surface area contributed by atoms with Gasteiger partial charge in [-0.05, 0) is 42.4 Å². The molecule has 0 unspecified atom stereocenters. The van der Waals surface area contributed by atoms with Crippen molar-refractivity contribution in [3.63, 3.8) is 0 Å². The Labute approximate surface area is 174 Å². The third-order valence-electron chi connectivity index (χ3n) is 4.21. The van der Waals surface area contributed by atoms with Gasteiger partial charge in [-0.2, -0.15) is 0 Å². The summed E-state index contributed by atoms with van der Waals surface area (Å²) in [4.78, 5) is 8.87. The van der Waals surface area contributed by atoms with Crippen molar-refractivity contribution in [3.05, 3.63) is 58.4 Å². The van der Waals surface area contributed by atoms with Crippen molar-refractivity contribution in [1.29, 1.82) is 0 Å². The monoisotopic (exact) mass is 495 g/mol. The molecule has 0 N–H and O–H groups in total. The summed E-state index contributed by atoms with van der Waals surface area (Å²) in [5.41, 5.74) is 3.66. The van der Waals surface area contributed by atoms with Gasteiger partial charge >= 0.3 is 0 Å². The highest BCUT2D eigenvalue weighted by Gasteiger charge is 2.19. The maximum atomic E-state index is 13.4. The summed E-state index contributed by atoms with van der Waals surface area (Å²) in [5.74, 6) is -0.256. The lowest BCUT2D eigenvalue weighted by atomic mass is 10.1. The van der Waals surface area contributed by atoms with Crippen LogP contribution in [0.5, 0.6) is 0 Å². The Kier molecular flexibility index (Phi) is 6.43. The van der Waals surface area contributed by atoms with Crippen LogP contribution in [0, 0.1) is 9.65 Å². The van der Waals surface area contributed by atoms with Crippen LogP contribution < -0.4 is 0 Å². The normalized spacial score (nSPS) is 11.7. The van der Waals surface area contributed by atoms with Gasteiger partial charge in [-0.15, -0.1) is 0 Å². The third-order valence-corrected chi connectivity index (χ3v) is 6.74. The van der Waals surface area contributed by atoms with E-state index in [1.165, 1.54) is 12.1 Å². The van der Waals surface area contributed by atoms with Crippen molar-refractivity contribution in [2.45, 2.75) is 32.4 Å². The highest BCUT2D eigenvalue weighted by atomic mass is 127. The average Bonchev–Trinajstić information content (AvgIpc) is 2.96. The number of hydrogen-bond acceptors (Lipinski definition) is 3. The number of rotatable bonds is 7. The van der Waals surface area contributed by atoms with E-state index in [1.807, 2.05) is 12.1 Å². The molecule has 4 nitrogen and oxygen atoms in total. The third kappa shape index (κ3) is 5.23. The zero-order chi connectivity index (χ0) is 19.4. The van der Waals surface area contributed by atoms with Crippen LogP contribution in [0.2, 0.25) is 25.7 Å². The van der Waals surface area contributed by atoms with Gasteiger partial charge in [0, 0.05) is 60.8 Å². The molecule has 0 radical (unpaired) electrons. The van der Waals surface area contributed by atoms with E-state index in [2.05, 4.69) is 51.8 Å². The molecule has 2 aromatic heterocycles. The number of benzene rings is 1. The minimum Gasteiger partial charge on any atom is -0.361 e. The van der Waals surface area contributed by atoms with E-state index >= 15 is 0 Å². The summed E-state index contributed by atoms with van der Waals surface area (Å²) in [6.45, 7) is 8.20. The molecule has 0 aliphatic rings. The second-order valence-electron chi connectivity index (χ2n) is 7.60. The van der Waals surface area contributed by atoms with Gasteiger partial charge in [0.25, 0.3) is 0 Å². The lowest BCUT2D eigenvalue weighted by Gasteiger charge is -2.17. The van der Waals surface area contributed by atoms with Crippen molar-refractivity contribution in [1.82, 2.24) is 14.5 Å². The van der Waals surface area contributed by atoms with Gasteiger partial charge < -0.3 is 4.74 Å². The van der Waals surface area contributed by atoms with E-state index in [1.54, 1.807) is 24.5 Å². The predicted octanol–water partition coefficient (Wildman–Crippen LogP) is 5.67. The van der Waals surface area contributed by atoms with Crippen molar-refractivity contribution in [2.24, 2.45) is 0 Å². The summed E-state index contributed by atoms with van der Waals surface area (Å²) in [6.07, 6.45) is 3.53. The van der Waals surface area contributed by atoms with E-state index in [4.69, 9.17) is 9.72 Å². The topological polar surface area (TPSA) is 39.9 Å². The lowest BCUT2D eigenvalue weighted by Crippen LogP contribution is -2.22. The predicted molar refractivity (Wildman–Crippen MR) is 118 cm³/mol. The van der Waals surface area contributed by atoms with Crippen molar-refractivity contribution in [2.75, 3.05) is 6.61 Å². The molecule has 0 saturated carbocycles. The first kappa shape index (κ1) is 20.2. The zero-order valence-electron chi connectivity index (χ0n) is 15.7. The Balaban J connectivity index is 1.96. The van der Waals surface area contributed by atoms with Crippen LogP contribution in [0.1, 0.15) is 0 Å². The first-order valence-corrected chi connectivity index (χ1v) is 13.6. The van der Waals surface area contributed by atoms with Crippen LogP contribution in [0.3, 0.4) is 0 Å². The fourth-order valence-corrected chi connectivity index (χ4v) is 4.07. The molecule has 0 atom stereocenters. The fraction of sp³-hybridized carbons (Fsp3) is 0.300. The molecule has 0 spiro atoms. The molecule has 2 heterocycles. The molecule has 0 fully saturated rings. The Morgan fingerprint density at radius 2 is 1.70 bits per heavy atom. The van der Waals surface area contributed by atoms with Crippen molar-refractivity contribution >= 4 is 30.7 Å². The largest absolute Gasteiger partial charge is 0.361 e. The second-order valence-corrected chi connectivity index (χ2v) is 14.2. The minimum absolute atomic E-state index is 0.256. The number of hydrogen-bond donors (Lipinski definition) is 0. The Hall–Kier alpha value is -1.58. The zero-order valence-corrected chi connectivity index (χ0v) is 18.9. The number of halogens is 2. The molecule has 0 saturated heterocycles. The summed E-state index contributed by atoms with van der Waals surface area (Å²) in [7, 11) is -1.13. The van der Waals surface area contributed by atoms with Gasteiger partial charge in [0.2, 0.25) is 0 Å². The van der Waals surface area contributed by atoms with Gasteiger partial charge in [-0.3, -0.25) is 9.55 Å². The van der Waals surface area contributed by atoms with E-state index in [9.17, 15) is 4.39 Å².